The van der Waals surface area contributed by atoms with Gasteiger partial charge in [0.05, 0.1) is 0 Å². The Hall–Kier alpha value is -0.670. The summed E-state index contributed by atoms with van der Waals surface area (Å²) in [6.07, 6.45) is 4.72. The van der Waals surface area contributed by atoms with E-state index in [-0.39, 0.29) is 6.04 Å². The fourth-order valence-corrected chi connectivity index (χ4v) is 4.95. The molecule has 1 fully saturated rings. The molecule has 0 amide bonds. The minimum Gasteiger partial charge on any atom is -0.323 e. The fraction of sp³-hybridized carbons (Fsp3) is 0.667. The summed E-state index contributed by atoms with van der Waals surface area (Å²) >= 11 is 0. The number of rotatable bonds is 5. The Bertz CT molecular complexity index is 469. The molecule has 2 N–H and O–H groups in total. The maximum absolute atomic E-state index is 12.5. The monoisotopic (exact) mass is 307 g/mol. The van der Waals surface area contributed by atoms with Gasteiger partial charge in [0, 0.05) is 27.8 Å². The second kappa shape index (κ2) is 7.55. The quantitative estimate of drug-likeness (QED) is 0.888. The van der Waals surface area contributed by atoms with Gasteiger partial charge in [0.25, 0.3) is 0 Å². The van der Waals surface area contributed by atoms with E-state index in [4.69, 9.17) is 5.73 Å². The third kappa shape index (κ3) is 4.65. The Labute approximate surface area is 132 Å². The van der Waals surface area contributed by atoms with E-state index in [9.17, 15) is 4.21 Å². The van der Waals surface area contributed by atoms with Crippen LogP contribution in [0, 0.1) is 5.92 Å². The summed E-state index contributed by atoms with van der Waals surface area (Å²) in [5.74, 6) is 1.85. The minimum absolute atomic E-state index is 0.107. The van der Waals surface area contributed by atoms with E-state index < -0.39 is 10.8 Å². The summed E-state index contributed by atoms with van der Waals surface area (Å²) in [4.78, 5) is 0. The van der Waals surface area contributed by atoms with Crippen molar-refractivity contribution in [2.75, 3.05) is 5.75 Å². The minimum atomic E-state index is -0.797. The van der Waals surface area contributed by atoms with Crippen LogP contribution in [-0.4, -0.2) is 15.2 Å². The van der Waals surface area contributed by atoms with Gasteiger partial charge in [0.1, 0.15) is 0 Å². The molecule has 4 atom stereocenters. The zero-order chi connectivity index (χ0) is 15.4. The number of nitrogens with two attached hydrogens (primary N) is 1. The van der Waals surface area contributed by atoms with E-state index in [0.29, 0.717) is 22.8 Å². The van der Waals surface area contributed by atoms with Gasteiger partial charge in [-0.3, -0.25) is 4.21 Å². The predicted octanol–water partition coefficient (Wildman–Crippen LogP) is 4.14. The molecule has 1 saturated carbocycles. The van der Waals surface area contributed by atoms with Gasteiger partial charge in [-0.2, -0.15) is 0 Å². The Balaban J connectivity index is 1.93. The van der Waals surface area contributed by atoms with Crippen molar-refractivity contribution in [1.82, 2.24) is 0 Å². The summed E-state index contributed by atoms with van der Waals surface area (Å²) < 4.78 is 12.5. The molecule has 0 aromatic heterocycles. The first-order valence-corrected chi connectivity index (χ1v) is 9.58. The summed E-state index contributed by atoms with van der Waals surface area (Å²) in [6.45, 7) is 6.65. The molecule has 0 spiro atoms. The van der Waals surface area contributed by atoms with Gasteiger partial charge in [0.2, 0.25) is 0 Å². The summed E-state index contributed by atoms with van der Waals surface area (Å²) in [6, 6.07) is 8.38. The summed E-state index contributed by atoms with van der Waals surface area (Å²) in [5.41, 5.74) is 8.71. The Kier molecular flexibility index (Phi) is 6.00. The number of hydrogen-bond donors (Lipinski definition) is 1. The van der Waals surface area contributed by atoms with Crippen LogP contribution >= 0.6 is 0 Å². The van der Waals surface area contributed by atoms with E-state index in [1.54, 1.807) is 0 Å². The molecule has 118 valence electrons. The molecule has 0 heterocycles. The zero-order valence-electron chi connectivity index (χ0n) is 13.5. The molecule has 1 aliphatic rings. The maximum atomic E-state index is 12.5. The van der Waals surface area contributed by atoms with Crippen LogP contribution in [0.15, 0.2) is 24.3 Å². The van der Waals surface area contributed by atoms with Gasteiger partial charge < -0.3 is 5.73 Å². The molecular formula is C18H29NOS. The highest BCUT2D eigenvalue weighted by Gasteiger charge is 2.25. The van der Waals surface area contributed by atoms with Gasteiger partial charge in [-0.1, -0.05) is 57.9 Å². The Morgan fingerprint density at radius 3 is 2.38 bits per heavy atom. The number of benzene rings is 1. The van der Waals surface area contributed by atoms with Crippen LogP contribution in [0.1, 0.15) is 69.5 Å². The highest BCUT2D eigenvalue weighted by Crippen LogP contribution is 2.28. The molecule has 1 aromatic rings. The lowest BCUT2D eigenvalue weighted by Crippen LogP contribution is -2.29. The third-order valence-corrected chi connectivity index (χ3v) is 6.49. The van der Waals surface area contributed by atoms with E-state index >= 15 is 0 Å². The zero-order valence-corrected chi connectivity index (χ0v) is 14.4. The van der Waals surface area contributed by atoms with E-state index in [2.05, 4.69) is 45.0 Å². The van der Waals surface area contributed by atoms with Crippen LogP contribution in [0.3, 0.4) is 0 Å². The van der Waals surface area contributed by atoms with E-state index in [0.717, 1.165) is 18.4 Å². The van der Waals surface area contributed by atoms with Crippen LogP contribution in [0.4, 0.5) is 0 Å². The maximum Gasteiger partial charge on any atom is 0.0431 e. The first kappa shape index (κ1) is 16.7. The van der Waals surface area contributed by atoms with Gasteiger partial charge >= 0.3 is 0 Å². The van der Waals surface area contributed by atoms with Crippen molar-refractivity contribution in [3.63, 3.8) is 0 Å². The molecule has 21 heavy (non-hydrogen) atoms. The van der Waals surface area contributed by atoms with Crippen molar-refractivity contribution < 1.29 is 4.21 Å². The molecule has 0 saturated heterocycles. The van der Waals surface area contributed by atoms with Crippen molar-refractivity contribution >= 4 is 10.8 Å². The molecule has 0 radical (unpaired) electrons. The lowest BCUT2D eigenvalue weighted by atomic mass is 9.91. The standard InChI is InChI=1S/C18H29NOS/c1-13(2)15-7-9-16(10-8-15)18(19)12-21(20)17-6-4-5-14(3)11-17/h7-10,13-14,17-18H,4-6,11-12,19H2,1-3H3. The highest BCUT2D eigenvalue weighted by atomic mass is 32.2. The average Bonchev–Trinajstić information content (AvgIpc) is 2.47. The highest BCUT2D eigenvalue weighted by molar-refractivity contribution is 7.85. The van der Waals surface area contributed by atoms with Crippen LogP contribution in [0.5, 0.6) is 0 Å². The van der Waals surface area contributed by atoms with Crippen molar-refractivity contribution in [1.29, 1.82) is 0 Å². The van der Waals surface area contributed by atoms with Gasteiger partial charge in [-0.05, 0) is 35.8 Å². The van der Waals surface area contributed by atoms with E-state index in [1.807, 2.05) is 0 Å². The second-order valence-electron chi connectivity index (χ2n) is 6.87. The van der Waals surface area contributed by atoms with Gasteiger partial charge in [-0.15, -0.1) is 0 Å². The second-order valence-corrected chi connectivity index (χ2v) is 8.63. The van der Waals surface area contributed by atoms with Crippen molar-refractivity contribution in [2.45, 2.75) is 63.7 Å². The van der Waals surface area contributed by atoms with Crippen LogP contribution < -0.4 is 5.73 Å². The SMILES string of the molecule is CC1CCCC(S(=O)CC(N)c2ccc(C(C)C)cc2)C1. The molecule has 4 unspecified atom stereocenters. The number of hydrogen-bond acceptors (Lipinski definition) is 2. The largest absolute Gasteiger partial charge is 0.323 e. The molecule has 2 rings (SSSR count). The Morgan fingerprint density at radius 2 is 1.81 bits per heavy atom. The van der Waals surface area contributed by atoms with Crippen molar-refractivity contribution in [3.05, 3.63) is 35.4 Å². The normalized spacial score (nSPS) is 25.8. The van der Waals surface area contributed by atoms with E-state index in [1.165, 1.54) is 18.4 Å². The summed E-state index contributed by atoms with van der Waals surface area (Å²) in [7, 11) is -0.797. The third-order valence-electron chi connectivity index (χ3n) is 4.64. The molecular weight excluding hydrogens is 278 g/mol. The average molecular weight is 308 g/mol. The van der Waals surface area contributed by atoms with Crippen molar-refractivity contribution in [3.8, 4) is 0 Å². The fourth-order valence-electron chi connectivity index (χ4n) is 3.15. The predicted molar refractivity (Wildman–Crippen MR) is 91.9 cm³/mol. The van der Waals surface area contributed by atoms with Crippen LogP contribution in [0.25, 0.3) is 0 Å². The lowest BCUT2D eigenvalue weighted by Gasteiger charge is -2.27. The van der Waals surface area contributed by atoms with Crippen molar-refractivity contribution in [2.24, 2.45) is 11.7 Å². The van der Waals surface area contributed by atoms with Gasteiger partial charge in [-0.25, -0.2) is 0 Å². The van der Waals surface area contributed by atoms with Crippen LogP contribution in [-0.2, 0) is 10.8 Å². The Morgan fingerprint density at radius 1 is 1.19 bits per heavy atom. The molecule has 3 heteroatoms. The summed E-state index contributed by atoms with van der Waals surface area (Å²) in [5, 5.41) is 0.356. The first-order chi connectivity index (χ1) is 9.97. The molecule has 0 aliphatic heterocycles. The molecule has 2 nitrogen and oxygen atoms in total. The first-order valence-electron chi connectivity index (χ1n) is 8.20. The molecule has 0 bridgehead atoms. The topological polar surface area (TPSA) is 43.1 Å². The lowest BCUT2D eigenvalue weighted by molar-refractivity contribution is 0.389. The molecule has 1 aromatic carbocycles. The van der Waals surface area contributed by atoms with Gasteiger partial charge in [0.15, 0.2) is 0 Å². The molecule has 1 aliphatic carbocycles. The smallest absolute Gasteiger partial charge is 0.0431 e. The van der Waals surface area contributed by atoms with Crippen LogP contribution in [0.2, 0.25) is 0 Å².